The van der Waals surface area contributed by atoms with Gasteiger partial charge in [0.15, 0.2) is 0 Å². The number of nitrogens with zero attached hydrogens (tertiary/aromatic N) is 1. The van der Waals surface area contributed by atoms with E-state index in [1.165, 1.54) is 16.3 Å². The van der Waals surface area contributed by atoms with Gasteiger partial charge in [-0.3, -0.25) is 15.0 Å². The van der Waals surface area contributed by atoms with Gasteiger partial charge in [0.25, 0.3) is 11.8 Å². The molecule has 4 nitrogen and oxygen atoms in total. The highest BCUT2D eigenvalue weighted by Gasteiger charge is 2.29. The number of hydrazine groups is 1. The second-order valence-electron chi connectivity index (χ2n) is 5.60. The monoisotopic (exact) mass is 302 g/mol. The standard InChI is InChI=1S/C16H18N2O2S/c1-16(2,3)18(15(20)12-8-5-4-6-9-12)17-14(19)13-10-7-11-21-13/h4-11H,1-3H3,(H,17,19). The molecule has 21 heavy (non-hydrogen) atoms. The molecule has 1 heterocycles. The maximum absolute atomic E-state index is 12.6. The van der Waals surface area contributed by atoms with Crippen molar-refractivity contribution in [2.45, 2.75) is 26.3 Å². The molecule has 0 saturated carbocycles. The van der Waals surface area contributed by atoms with Crippen molar-refractivity contribution in [2.24, 2.45) is 0 Å². The van der Waals surface area contributed by atoms with Crippen molar-refractivity contribution < 1.29 is 9.59 Å². The van der Waals surface area contributed by atoms with E-state index in [-0.39, 0.29) is 11.8 Å². The van der Waals surface area contributed by atoms with E-state index >= 15 is 0 Å². The minimum Gasteiger partial charge on any atom is -0.267 e. The fourth-order valence-corrected chi connectivity index (χ4v) is 2.41. The minimum atomic E-state index is -0.528. The first-order chi connectivity index (χ1) is 9.89. The number of hydrogen-bond donors (Lipinski definition) is 1. The molecule has 1 aromatic carbocycles. The second-order valence-corrected chi connectivity index (χ2v) is 6.54. The summed E-state index contributed by atoms with van der Waals surface area (Å²) in [4.78, 5) is 25.4. The molecule has 0 bridgehead atoms. The van der Waals surface area contributed by atoms with Crippen molar-refractivity contribution >= 4 is 23.2 Å². The van der Waals surface area contributed by atoms with Crippen LogP contribution < -0.4 is 5.43 Å². The molecule has 0 fully saturated rings. The lowest BCUT2D eigenvalue weighted by molar-refractivity contribution is 0.0360. The van der Waals surface area contributed by atoms with E-state index in [1.807, 2.05) is 32.2 Å². The summed E-state index contributed by atoms with van der Waals surface area (Å²) in [5, 5.41) is 3.21. The largest absolute Gasteiger partial charge is 0.279 e. The summed E-state index contributed by atoms with van der Waals surface area (Å²) in [6.07, 6.45) is 0. The number of carbonyl (C=O) groups is 2. The van der Waals surface area contributed by atoms with Gasteiger partial charge < -0.3 is 0 Å². The second kappa shape index (κ2) is 6.10. The van der Waals surface area contributed by atoms with E-state index in [0.29, 0.717) is 10.4 Å². The minimum absolute atomic E-state index is 0.229. The molecule has 2 amide bonds. The van der Waals surface area contributed by atoms with Gasteiger partial charge in [-0.25, -0.2) is 5.01 Å². The van der Waals surface area contributed by atoms with Gasteiger partial charge >= 0.3 is 0 Å². The maximum atomic E-state index is 12.6. The molecular weight excluding hydrogens is 284 g/mol. The first kappa shape index (κ1) is 15.3. The first-order valence-corrected chi connectivity index (χ1v) is 7.51. The van der Waals surface area contributed by atoms with Gasteiger partial charge in [0.1, 0.15) is 0 Å². The zero-order valence-electron chi connectivity index (χ0n) is 12.3. The summed E-state index contributed by atoms with van der Waals surface area (Å²) < 4.78 is 0. The Labute approximate surface area is 128 Å². The fraction of sp³-hybridized carbons (Fsp3) is 0.250. The molecule has 2 rings (SSSR count). The number of rotatable bonds is 2. The number of hydrogen-bond acceptors (Lipinski definition) is 3. The number of amides is 2. The number of thiophene rings is 1. The van der Waals surface area contributed by atoms with Gasteiger partial charge in [-0.15, -0.1) is 11.3 Å². The Morgan fingerprint density at radius 2 is 1.71 bits per heavy atom. The van der Waals surface area contributed by atoms with Crippen LogP contribution >= 0.6 is 11.3 Å². The molecule has 0 radical (unpaired) electrons. The number of benzene rings is 1. The van der Waals surface area contributed by atoms with Gasteiger partial charge in [0, 0.05) is 5.56 Å². The van der Waals surface area contributed by atoms with Crippen molar-refractivity contribution in [2.75, 3.05) is 0 Å². The van der Waals surface area contributed by atoms with Crippen molar-refractivity contribution in [3.05, 3.63) is 58.3 Å². The molecule has 5 heteroatoms. The van der Waals surface area contributed by atoms with Crippen molar-refractivity contribution in [3.8, 4) is 0 Å². The van der Waals surface area contributed by atoms with E-state index in [0.717, 1.165) is 0 Å². The maximum Gasteiger partial charge on any atom is 0.279 e. The predicted octanol–water partition coefficient (Wildman–Crippen LogP) is 3.33. The Morgan fingerprint density at radius 3 is 2.24 bits per heavy atom. The summed E-state index contributed by atoms with van der Waals surface area (Å²) >= 11 is 1.34. The summed E-state index contributed by atoms with van der Waals surface area (Å²) in [6.45, 7) is 5.63. The Kier molecular flexibility index (Phi) is 4.43. The van der Waals surface area contributed by atoms with Crippen LogP contribution in [0.4, 0.5) is 0 Å². The van der Waals surface area contributed by atoms with E-state index in [4.69, 9.17) is 0 Å². The van der Waals surface area contributed by atoms with Crippen LogP contribution in [0.1, 0.15) is 40.8 Å². The fourth-order valence-electron chi connectivity index (χ4n) is 1.80. The van der Waals surface area contributed by atoms with E-state index < -0.39 is 5.54 Å². The Balaban J connectivity index is 2.24. The van der Waals surface area contributed by atoms with Crippen LogP contribution in [0.5, 0.6) is 0 Å². The molecule has 110 valence electrons. The summed E-state index contributed by atoms with van der Waals surface area (Å²) in [7, 11) is 0. The number of nitrogens with one attached hydrogen (secondary N) is 1. The van der Waals surface area contributed by atoms with Gasteiger partial charge in [0.05, 0.1) is 10.4 Å². The third-order valence-corrected chi connectivity index (χ3v) is 3.72. The molecule has 1 aromatic heterocycles. The molecule has 0 unspecified atom stereocenters. The van der Waals surface area contributed by atoms with Gasteiger partial charge in [0.2, 0.25) is 0 Å². The lowest BCUT2D eigenvalue weighted by atomic mass is 10.1. The Hall–Kier alpha value is -2.14. The quantitative estimate of drug-likeness (QED) is 0.865. The van der Waals surface area contributed by atoms with E-state index in [2.05, 4.69) is 5.43 Å². The topological polar surface area (TPSA) is 49.4 Å². The highest BCUT2D eigenvalue weighted by Crippen LogP contribution is 2.16. The van der Waals surface area contributed by atoms with Crippen LogP contribution in [-0.2, 0) is 0 Å². The van der Waals surface area contributed by atoms with Crippen LogP contribution in [-0.4, -0.2) is 22.4 Å². The van der Waals surface area contributed by atoms with Gasteiger partial charge in [-0.1, -0.05) is 24.3 Å². The van der Waals surface area contributed by atoms with E-state index in [1.54, 1.807) is 36.4 Å². The van der Waals surface area contributed by atoms with Gasteiger partial charge in [-0.2, -0.15) is 0 Å². The normalized spacial score (nSPS) is 11.0. The molecule has 0 spiro atoms. The molecule has 2 aromatic rings. The average Bonchev–Trinajstić information content (AvgIpc) is 2.98. The zero-order valence-corrected chi connectivity index (χ0v) is 13.1. The summed E-state index contributed by atoms with van der Waals surface area (Å²) in [5.74, 6) is -0.503. The van der Waals surface area contributed by atoms with Gasteiger partial charge in [-0.05, 0) is 44.4 Å². The lowest BCUT2D eigenvalue weighted by Crippen LogP contribution is -2.55. The number of carbonyl (C=O) groups excluding carboxylic acids is 2. The van der Waals surface area contributed by atoms with Crippen LogP contribution in [0.3, 0.4) is 0 Å². The highest BCUT2D eigenvalue weighted by molar-refractivity contribution is 7.12. The third-order valence-electron chi connectivity index (χ3n) is 2.85. The van der Waals surface area contributed by atoms with E-state index in [9.17, 15) is 9.59 Å². The van der Waals surface area contributed by atoms with Crippen LogP contribution in [0.25, 0.3) is 0 Å². The van der Waals surface area contributed by atoms with Crippen LogP contribution in [0, 0.1) is 0 Å². The highest BCUT2D eigenvalue weighted by atomic mass is 32.1. The zero-order chi connectivity index (χ0) is 15.5. The molecule has 1 N–H and O–H groups in total. The third kappa shape index (κ3) is 3.70. The molecule has 0 aliphatic carbocycles. The average molecular weight is 302 g/mol. The Morgan fingerprint density at radius 1 is 1.05 bits per heavy atom. The lowest BCUT2D eigenvalue weighted by Gasteiger charge is -2.35. The first-order valence-electron chi connectivity index (χ1n) is 6.63. The summed E-state index contributed by atoms with van der Waals surface area (Å²) in [5.41, 5.74) is 2.73. The SMILES string of the molecule is CC(C)(C)N(NC(=O)c1cccs1)C(=O)c1ccccc1. The molecule has 0 aliphatic rings. The predicted molar refractivity (Wildman–Crippen MR) is 84.1 cm³/mol. The smallest absolute Gasteiger partial charge is 0.267 e. The molecule has 0 aliphatic heterocycles. The molecular formula is C16H18N2O2S. The van der Waals surface area contributed by atoms with Crippen LogP contribution in [0.15, 0.2) is 47.8 Å². The van der Waals surface area contributed by atoms with Crippen molar-refractivity contribution in [3.63, 3.8) is 0 Å². The molecule has 0 saturated heterocycles. The summed E-state index contributed by atoms with van der Waals surface area (Å²) in [6, 6.07) is 12.5. The van der Waals surface area contributed by atoms with Crippen molar-refractivity contribution in [1.29, 1.82) is 0 Å². The van der Waals surface area contributed by atoms with Crippen LogP contribution in [0.2, 0.25) is 0 Å². The Bertz CT molecular complexity index is 615. The molecule has 0 atom stereocenters. The van der Waals surface area contributed by atoms with Crippen molar-refractivity contribution in [1.82, 2.24) is 10.4 Å².